The van der Waals surface area contributed by atoms with Gasteiger partial charge in [0.2, 0.25) is 0 Å². The van der Waals surface area contributed by atoms with Gasteiger partial charge in [-0.05, 0) is 73.0 Å². The van der Waals surface area contributed by atoms with Gasteiger partial charge in [-0.3, -0.25) is 0 Å². The molecule has 1 unspecified atom stereocenters. The van der Waals surface area contributed by atoms with E-state index < -0.39 is 0 Å². The summed E-state index contributed by atoms with van der Waals surface area (Å²) in [5.41, 5.74) is 3.14. The molecule has 1 heterocycles. The van der Waals surface area contributed by atoms with Crippen LogP contribution in [0.4, 0.5) is 0 Å². The summed E-state index contributed by atoms with van der Waals surface area (Å²) in [6, 6.07) is 6.06. The molecule has 0 amide bonds. The molecule has 0 aromatic heterocycles. The van der Waals surface area contributed by atoms with Gasteiger partial charge in [0.25, 0.3) is 0 Å². The third-order valence-corrected chi connectivity index (χ3v) is 5.27. The lowest BCUT2D eigenvalue weighted by atomic mass is 9.85. The van der Waals surface area contributed by atoms with Gasteiger partial charge in [-0.1, -0.05) is 11.6 Å². The quantitative estimate of drug-likeness (QED) is 0.569. The number of methoxy groups -OCH3 is 1. The highest BCUT2D eigenvalue weighted by Crippen LogP contribution is 2.38. The number of rotatable bonds is 3. The monoisotopic (exact) mass is 399 g/mol. The Kier molecular flexibility index (Phi) is 4.74. The van der Waals surface area contributed by atoms with Crippen LogP contribution in [0.25, 0.3) is 0 Å². The van der Waals surface area contributed by atoms with Gasteiger partial charge in [-0.15, -0.1) is 0 Å². The Balaban J connectivity index is 1.86. The molecule has 2 aliphatic rings. The van der Waals surface area contributed by atoms with Gasteiger partial charge < -0.3 is 14.4 Å². The number of para-hydroxylation sites is 1. The summed E-state index contributed by atoms with van der Waals surface area (Å²) in [6.45, 7) is 2.25. The molecular formula is C17H22INO2. The lowest BCUT2D eigenvalue weighted by Crippen LogP contribution is -2.35. The predicted octanol–water partition coefficient (Wildman–Crippen LogP) is 3.86. The molecule has 21 heavy (non-hydrogen) atoms. The first-order valence-electron chi connectivity index (χ1n) is 7.57. The van der Waals surface area contributed by atoms with E-state index in [1.54, 1.807) is 18.3 Å². The van der Waals surface area contributed by atoms with E-state index in [4.69, 9.17) is 9.47 Å². The molecule has 0 fully saturated rings. The molecule has 1 atom stereocenters. The maximum absolute atomic E-state index is 6.40. The smallest absolute Gasteiger partial charge is 0.175 e. The van der Waals surface area contributed by atoms with E-state index in [9.17, 15) is 0 Å². The fraction of sp³-hybridized carbons (Fsp3) is 0.529. The molecule has 3 nitrogen and oxygen atoms in total. The lowest BCUT2D eigenvalue weighted by molar-refractivity contribution is 0.185. The van der Waals surface area contributed by atoms with Crippen LogP contribution in [-0.4, -0.2) is 38.3 Å². The normalized spacial score (nSPS) is 22.9. The van der Waals surface area contributed by atoms with Crippen LogP contribution in [0.1, 0.15) is 25.7 Å². The second kappa shape index (κ2) is 6.57. The molecule has 4 heteroatoms. The summed E-state index contributed by atoms with van der Waals surface area (Å²) in [6.07, 6.45) is 4.96. The molecule has 0 saturated carbocycles. The molecule has 3 rings (SSSR count). The maximum atomic E-state index is 6.40. The van der Waals surface area contributed by atoms with Crippen molar-refractivity contribution in [3.63, 3.8) is 0 Å². The second-order valence-corrected chi connectivity index (χ2v) is 7.05. The van der Waals surface area contributed by atoms with Crippen molar-refractivity contribution in [3.8, 4) is 11.5 Å². The number of likely N-dealkylation sites (N-methyl/N-ethyl adjacent to an activating group) is 1. The van der Waals surface area contributed by atoms with Gasteiger partial charge in [0.15, 0.2) is 11.5 Å². The number of hydrogen-bond donors (Lipinski definition) is 0. The van der Waals surface area contributed by atoms with Gasteiger partial charge in [0, 0.05) is 13.1 Å². The van der Waals surface area contributed by atoms with E-state index >= 15 is 0 Å². The fourth-order valence-electron chi connectivity index (χ4n) is 3.33. The van der Waals surface area contributed by atoms with Crippen LogP contribution < -0.4 is 9.47 Å². The number of nitrogens with zero attached hydrogens (tertiary/aromatic N) is 1. The average Bonchev–Trinajstić information content (AvgIpc) is 2.49. The first kappa shape index (κ1) is 15.2. The maximum Gasteiger partial charge on any atom is 0.175 e. The molecule has 1 aliphatic carbocycles. The Morgan fingerprint density at radius 2 is 2.14 bits per heavy atom. The van der Waals surface area contributed by atoms with Crippen molar-refractivity contribution in [1.29, 1.82) is 0 Å². The SMILES string of the molecule is COc1cccc(I)c1OC1CCCC2=C1CCN(C)C2. The van der Waals surface area contributed by atoms with Crippen LogP contribution >= 0.6 is 22.6 Å². The first-order chi connectivity index (χ1) is 10.2. The van der Waals surface area contributed by atoms with Crippen molar-refractivity contribution < 1.29 is 9.47 Å². The zero-order valence-corrected chi connectivity index (χ0v) is 14.9. The van der Waals surface area contributed by atoms with E-state index in [-0.39, 0.29) is 6.10 Å². The van der Waals surface area contributed by atoms with Gasteiger partial charge in [0.1, 0.15) is 6.10 Å². The predicted molar refractivity (Wildman–Crippen MR) is 93.1 cm³/mol. The Bertz CT molecular complexity index is 556. The number of halogens is 1. The van der Waals surface area contributed by atoms with Crippen LogP contribution in [0.2, 0.25) is 0 Å². The van der Waals surface area contributed by atoms with E-state index in [1.165, 1.54) is 12.8 Å². The van der Waals surface area contributed by atoms with Crippen LogP contribution in [-0.2, 0) is 0 Å². The van der Waals surface area contributed by atoms with Crippen LogP contribution in [0, 0.1) is 3.57 Å². The molecular weight excluding hydrogens is 377 g/mol. The minimum Gasteiger partial charge on any atom is -0.493 e. The summed E-state index contributed by atoms with van der Waals surface area (Å²) < 4.78 is 13.0. The molecule has 0 saturated heterocycles. The highest BCUT2D eigenvalue weighted by Gasteiger charge is 2.29. The standard InChI is InChI=1S/C17H22INO2/c1-19-10-9-13-12(11-19)5-3-7-15(13)21-17-14(18)6-4-8-16(17)20-2/h4,6,8,15H,3,5,7,9-11H2,1-2H3. The van der Waals surface area contributed by atoms with E-state index in [1.807, 2.05) is 12.1 Å². The third kappa shape index (κ3) is 3.21. The van der Waals surface area contributed by atoms with E-state index in [0.717, 1.165) is 41.0 Å². The molecule has 0 spiro atoms. The molecule has 1 aromatic carbocycles. The second-order valence-electron chi connectivity index (χ2n) is 5.89. The van der Waals surface area contributed by atoms with Crippen LogP contribution in [0.5, 0.6) is 11.5 Å². The van der Waals surface area contributed by atoms with Gasteiger partial charge in [0.05, 0.1) is 10.7 Å². The molecule has 1 aromatic rings. The highest BCUT2D eigenvalue weighted by molar-refractivity contribution is 14.1. The fourth-order valence-corrected chi connectivity index (χ4v) is 3.93. The Hall–Kier alpha value is -0.750. The molecule has 0 N–H and O–H groups in total. The largest absolute Gasteiger partial charge is 0.493 e. The van der Waals surface area contributed by atoms with Crippen molar-refractivity contribution in [2.45, 2.75) is 31.8 Å². The summed E-state index contributed by atoms with van der Waals surface area (Å²) in [4.78, 5) is 2.41. The van der Waals surface area contributed by atoms with Crippen molar-refractivity contribution in [2.75, 3.05) is 27.2 Å². The summed E-state index contributed by atoms with van der Waals surface area (Å²) in [5, 5.41) is 0. The average molecular weight is 399 g/mol. The zero-order valence-electron chi connectivity index (χ0n) is 12.7. The van der Waals surface area contributed by atoms with Crippen LogP contribution in [0.3, 0.4) is 0 Å². The Labute approximate surface area is 140 Å². The van der Waals surface area contributed by atoms with Crippen molar-refractivity contribution in [1.82, 2.24) is 4.90 Å². The van der Waals surface area contributed by atoms with E-state index in [2.05, 4.69) is 40.6 Å². The molecule has 114 valence electrons. The minimum atomic E-state index is 0.229. The first-order valence-corrected chi connectivity index (χ1v) is 8.65. The minimum absolute atomic E-state index is 0.229. The topological polar surface area (TPSA) is 21.7 Å². The van der Waals surface area contributed by atoms with Crippen molar-refractivity contribution in [2.24, 2.45) is 0 Å². The van der Waals surface area contributed by atoms with Gasteiger partial charge in [-0.25, -0.2) is 0 Å². The number of ether oxygens (including phenoxy) is 2. The Morgan fingerprint density at radius 1 is 1.29 bits per heavy atom. The lowest BCUT2D eigenvalue weighted by Gasteiger charge is -2.36. The molecule has 0 bridgehead atoms. The van der Waals surface area contributed by atoms with Gasteiger partial charge in [-0.2, -0.15) is 0 Å². The summed E-state index contributed by atoms with van der Waals surface area (Å²) in [5.74, 6) is 1.74. The summed E-state index contributed by atoms with van der Waals surface area (Å²) in [7, 11) is 3.91. The number of benzene rings is 1. The van der Waals surface area contributed by atoms with Crippen molar-refractivity contribution in [3.05, 3.63) is 32.9 Å². The molecule has 1 aliphatic heterocycles. The zero-order chi connectivity index (χ0) is 14.8. The van der Waals surface area contributed by atoms with E-state index in [0.29, 0.717) is 0 Å². The van der Waals surface area contributed by atoms with Gasteiger partial charge >= 0.3 is 0 Å². The summed E-state index contributed by atoms with van der Waals surface area (Å²) >= 11 is 2.33. The number of hydrogen-bond acceptors (Lipinski definition) is 3. The highest BCUT2D eigenvalue weighted by atomic mass is 127. The Morgan fingerprint density at radius 3 is 2.95 bits per heavy atom. The third-order valence-electron chi connectivity index (χ3n) is 4.42. The van der Waals surface area contributed by atoms with Crippen molar-refractivity contribution >= 4 is 22.6 Å². The molecule has 0 radical (unpaired) electrons. The van der Waals surface area contributed by atoms with Crippen LogP contribution in [0.15, 0.2) is 29.3 Å².